The fraction of sp³-hybridized carbons (Fsp3) is 0.391. The van der Waals surface area contributed by atoms with Crippen LogP contribution in [0.5, 0.6) is 0 Å². The Balaban J connectivity index is 1.80. The Kier molecular flexibility index (Phi) is 5.40. The van der Waals surface area contributed by atoms with Gasteiger partial charge >= 0.3 is 6.09 Å². The number of likely N-dealkylation sites (tertiary alicyclic amines) is 1. The summed E-state index contributed by atoms with van der Waals surface area (Å²) in [5, 5.41) is 0.788. The molecule has 0 bridgehead atoms. The van der Waals surface area contributed by atoms with Crippen molar-refractivity contribution in [3.05, 3.63) is 69.5 Å². The van der Waals surface area contributed by atoms with Gasteiger partial charge in [0.2, 0.25) is 5.69 Å². The van der Waals surface area contributed by atoms with Crippen LogP contribution < -0.4 is 4.57 Å². The number of hydrogen-bond donors (Lipinski definition) is 0. The number of carbonyl (C=O) groups is 1. The number of carbonyl (C=O) groups excluding carboxylic acids is 1. The highest BCUT2D eigenvalue weighted by Crippen LogP contribution is 2.37. The van der Waals surface area contributed by atoms with Gasteiger partial charge in [-0.25, -0.2) is 9.36 Å². The molecule has 0 unspecified atom stereocenters. The summed E-state index contributed by atoms with van der Waals surface area (Å²) in [5.41, 5.74) is 7.99. The molecule has 0 atom stereocenters. The van der Waals surface area contributed by atoms with E-state index in [1.165, 1.54) is 33.5 Å². The van der Waals surface area contributed by atoms with Gasteiger partial charge < -0.3 is 9.64 Å². The maximum atomic E-state index is 12.1. The average Bonchev–Trinajstić information content (AvgIpc) is 2.86. The lowest BCUT2D eigenvalue weighted by Gasteiger charge is -2.29. The van der Waals surface area contributed by atoms with Gasteiger partial charge in [-0.2, -0.15) is 0 Å². The minimum Gasteiger partial charge on any atom is -0.450 e. The van der Waals surface area contributed by atoms with Gasteiger partial charge in [0, 0.05) is 29.7 Å². The van der Waals surface area contributed by atoms with Crippen LogP contribution in [0.2, 0.25) is 5.02 Å². The molecule has 146 valence electrons. The molecule has 1 aliphatic carbocycles. The van der Waals surface area contributed by atoms with Crippen LogP contribution in [-0.2, 0) is 24.6 Å². The lowest BCUT2D eigenvalue weighted by molar-refractivity contribution is -0.674. The van der Waals surface area contributed by atoms with Gasteiger partial charge in [-0.05, 0) is 61.9 Å². The molecule has 5 heteroatoms. The molecule has 4 nitrogen and oxygen atoms in total. The number of rotatable bonds is 1. The number of ether oxygens (including phenoxy) is 1. The minimum absolute atomic E-state index is 0.203. The Labute approximate surface area is 171 Å². The molecule has 1 fully saturated rings. The topological polar surface area (TPSA) is 33.4 Å². The van der Waals surface area contributed by atoms with E-state index in [4.69, 9.17) is 16.3 Å². The predicted molar refractivity (Wildman–Crippen MR) is 110 cm³/mol. The molecule has 0 radical (unpaired) electrons. The van der Waals surface area contributed by atoms with Crippen molar-refractivity contribution in [2.24, 2.45) is 7.05 Å². The van der Waals surface area contributed by atoms with E-state index in [-0.39, 0.29) is 6.09 Å². The van der Waals surface area contributed by atoms with E-state index in [2.05, 4.69) is 42.1 Å². The standard InChI is InChI=1S/C23H26ClN2O2/c1-3-28-23(27)26-13-10-16(11-14-26)21-20-9-8-19(24)15-18(20)7-6-17-5-4-12-25(2)22(17)21/h4-5,8-9,12,15H,3,6-7,10-11,13-14H2,1-2H3/q+1. The molecule has 0 N–H and O–H groups in total. The Morgan fingerprint density at radius 2 is 1.89 bits per heavy atom. The zero-order chi connectivity index (χ0) is 19.7. The molecule has 1 saturated heterocycles. The van der Waals surface area contributed by atoms with Crippen LogP contribution in [0.1, 0.15) is 42.1 Å². The van der Waals surface area contributed by atoms with Gasteiger partial charge in [0.25, 0.3) is 0 Å². The Bertz CT molecular complexity index is 942. The summed E-state index contributed by atoms with van der Waals surface area (Å²) in [7, 11) is 2.12. The third-order valence-electron chi connectivity index (χ3n) is 5.75. The smallest absolute Gasteiger partial charge is 0.409 e. The van der Waals surface area contributed by atoms with E-state index in [0.717, 1.165) is 30.7 Å². The maximum Gasteiger partial charge on any atom is 0.409 e. The number of aryl methyl sites for hydroxylation is 3. The van der Waals surface area contributed by atoms with Crippen LogP contribution in [0.3, 0.4) is 0 Å². The summed E-state index contributed by atoms with van der Waals surface area (Å²) in [5.74, 6) is 0. The zero-order valence-corrected chi connectivity index (χ0v) is 17.3. The normalized spacial score (nSPS) is 16.3. The molecular weight excluding hydrogens is 372 g/mol. The van der Waals surface area contributed by atoms with Crippen molar-refractivity contribution in [2.45, 2.75) is 32.6 Å². The first-order chi connectivity index (χ1) is 13.6. The number of halogens is 1. The van der Waals surface area contributed by atoms with E-state index in [9.17, 15) is 4.79 Å². The number of aromatic nitrogens is 1. The first-order valence-electron chi connectivity index (χ1n) is 9.99. The van der Waals surface area contributed by atoms with Crippen molar-refractivity contribution in [1.82, 2.24) is 4.90 Å². The fourth-order valence-electron chi connectivity index (χ4n) is 4.40. The van der Waals surface area contributed by atoms with Crippen molar-refractivity contribution < 1.29 is 14.1 Å². The second-order valence-corrected chi connectivity index (χ2v) is 7.90. The summed E-state index contributed by atoms with van der Waals surface area (Å²) in [6.45, 7) is 3.67. The SMILES string of the molecule is CCOC(=O)N1CCC(=C2c3ccc(Cl)cc3CCc3ccc[n+](C)c32)CC1. The Hall–Kier alpha value is -2.33. The predicted octanol–water partition coefficient (Wildman–Crippen LogP) is 4.32. The Morgan fingerprint density at radius 1 is 1.14 bits per heavy atom. The van der Waals surface area contributed by atoms with Crippen LogP contribution in [0.25, 0.3) is 5.57 Å². The van der Waals surface area contributed by atoms with E-state index >= 15 is 0 Å². The maximum absolute atomic E-state index is 12.1. The zero-order valence-electron chi connectivity index (χ0n) is 16.5. The van der Waals surface area contributed by atoms with E-state index in [1.807, 2.05) is 17.9 Å². The lowest BCUT2D eigenvalue weighted by Crippen LogP contribution is -2.38. The Morgan fingerprint density at radius 3 is 2.64 bits per heavy atom. The first-order valence-corrected chi connectivity index (χ1v) is 10.4. The van der Waals surface area contributed by atoms with Crippen molar-refractivity contribution >= 4 is 23.3 Å². The van der Waals surface area contributed by atoms with Crippen LogP contribution >= 0.6 is 11.6 Å². The van der Waals surface area contributed by atoms with Crippen LogP contribution in [-0.4, -0.2) is 30.7 Å². The van der Waals surface area contributed by atoms with Gasteiger partial charge in [-0.3, -0.25) is 0 Å². The summed E-state index contributed by atoms with van der Waals surface area (Å²) in [6.07, 6.45) is 5.63. The first kappa shape index (κ1) is 19.0. The number of amides is 1. The molecule has 2 aromatic rings. The van der Waals surface area contributed by atoms with Crippen molar-refractivity contribution in [3.8, 4) is 0 Å². The second-order valence-electron chi connectivity index (χ2n) is 7.46. The highest BCUT2D eigenvalue weighted by Gasteiger charge is 2.30. The fourth-order valence-corrected chi connectivity index (χ4v) is 4.59. The number of fused-ring (bicyclic) bond motifs is 2. The highest BCUT2D eigenvalue weighted by molar-refractivity contribution is 6.30. The van der Waals surface area contributed by atoms with Crippen molar-refractivity contribution in [3.63, 3.8) is 0 Å². The summed E-state index contributed by atoms with van der Waals surface area (Å²) >= 11 is 6.31. The van der Waals surface area contributed by atoms with Crippen LogP contribution in [0.4, 0.5) is 4.79 Å². The molecule has 0 saturated carbocycles. The van der Waals surface area contributed by atoms with E-state index in [1.54, 1.807) is 0 Å². The van der Waals surface area contributed by atoms with Gasteiger partial charge in [0.15, 0.2) is 6.20 Å². The largest absolute Gasteiger partial charge is 0.450 e. The molecule has 1 aromatic carbocycles. The molecule has 1 amide bonds. The monoisotopic (exact) mass is 397 g/mol. The van der Waals surface area contributed by atoms with Gasteiger partial charge in [0.1, 0.15) is 7.05 Å². The van der Waals surface area contributed by atoms with Gasteiger partial charge in [0.05, 0.1) is 12.2 Å². The molecule has 28 heavy (non-hydrogen) atoms. The molecule has 4 rings (SSSR count). The highest BCUT2D eigenvalue weighted by atomic mass is 35.5. The number of pyridine rings is 1. The van der Waals surface area contributed by atoms with Crippen LogP contribution in [0, 0.1) is 0 Å². The van der Waals surface area contributed by atoms with E-state index in [0.29, 0.717) is 19.7 Å². The molecule has 1 aliphatic heterocycles. The van der Waals surface area contributed by atoms with Crippen molar-refractivity contribution in [2.75, 3.05) is 19.7 Å². The molecular formula is C23H26ClN2O2+. The summed E-state index contributed by atoms with van der Waals surface area (Å²) in [4.78, 5) is 13.9. The number of piperidine rings is 1. The number of hydrogen-bond acceptors (Lipinski definition) is 2. The summed E-state index contributed by atoms with van der Waals surface area (Å²) in [6, 6.07) is 10.6. The average molecular weight is 398 g/mol. The summed E-state index contributed by atoms with van der Waals surface area (Å²) < 4.78 is 7.41. The van der Waals surface area contributed by atoms with Crippen LogP contribution in [0.15, 0.2) is 42.1 Å². The van der Waals surface area contributed by atoms with Gasteiger partial charge in [-0.1, -0.05) is 23.2 Å². The number of benzene rings is 1. The number of nitrogens with zero attached hydrogens (tertiary/aromatic N) is 2. The quantitative estimate of drug-likeness (QED) is 0.671. The van der Waals surface area contributed by atoms with Gasteiger partial charge in [-0.15, -0.1) is 0 Å². The molecule has 1 aromatic heterocycles. The third kappa shape index (κ3) is 3.53. The third-order valence-corrected chi connectivity index (χ3v) is 5.98. The molecule has 0 spiro atoms. The molecule has 2 heterocycles. The minimum atomic E-state index is -0.203. The van der Waals surface area contributed by atoms with E-state index < -0.39 is 0 Å². The lowest BCUT2D eigenvalue weighted by atomic mass is 9.88. The second kappa shape index (κ2) is 7.96. The van der Waals surface area contributed by atoms with Crippen molar-refractivity contribution in [1.29, 1.82) is 0 Å². The molecule has 2 aliphatic rings.